The summed E-state index contributed by atoms with van der Waals surface area (Å²) < 4.78 is 33.6. The smallest absolute Gasteiger partial charge is 0.305 e. The Kier molecular flexibility index (Phi) is 6.78. The quantitative estimate of drug-likeness (QED) is 0.476. The molecule has 2 aliphatic heterocycles. The second kappa shape index (κ2) is 9.17. The van der Waals surface area contributed by atoms with E-state index >= 15 is 0 Å². The minimum absolute atomic E-state index is 0.00272. The molecule has 1 unspecified atom stereocenters. The van der Waals surface area contributed by atoms with Crippen molar-refractivity contribution >= 4 is 39.2 Å². The van der Waals surface area contributed by atoms with Gasteiger partial charge in [0.25, 0.3) is 10.0 Å². The molecule has 0 radical (unpaired) electrons. The fourth-order valence-electron chi connectivity index (χ4n) is 3.80. The number of anilines is 1. The molecule has 1 aromatic rings. The number of Topliss-reactive ketones (excluding diaryl/α,β-unsaturated/α-hetero) is 1. The zero-order chi connectivity index (χ0) is 22.8. The van der Waals surface area contributed by atoms with Gasteiger partial charge in [-0.2, -0.15) is 8.42 Å². The first-order valence-electron chi connectivity index (χ1n) is 10.3. The van der Waals surface area contributed by atoms with Crippen molar-refractivity contribution in [2.24, 2.45) is 16.2 Å². The molecule has 10 heteroatoms. The highest BCUT2D eigenvalue weighted by atomic mass is 32.2. The number of carbonyl (C=O) groups excluding carboxylic acids is 3. The van der Waals surface area contributed by atoms with Crippen LogP contribution in [-0.2, 0) is 29.1 Å². The van der Waals surface area contributed by atoms with Crippen molar-refractivity contribution in [1.29, 1.82) is 0 Å². The topological polar surface area (TPSA) is 122 Å². The molecule has 31 heavy (non-hydrogen) atoms. The van der Waals surface area contributed by atoms with Crippen LogP contribution in [0.2, 0.25) is 0 Å². The normalized spacial score (nSPS) is 22.2. The number of para-hydroxylation sites is 1. The number of hydrogen-bond acceptors (Lipinski definition) is 7. The number of nitrogens with one attached hydrogen (secondary N) is 1. The Morgan fingerprint density at radius 1 is 1.26 bits per heavy atom. The Morgan fingerprint density at radius 3 is 2.65 bits per heavy atom. The number of fused-ring (bicyclic) bond motifs is 1. The summed E-state index contributed by atoms with van der Waals surface area (Å²) in [6.45, 7) is 4.41. The van der Waals surface area contributed by atoms with E-state index in [2.05, 4.69) is 14.5 Å². The lowest BCUT2D eigenvalue weighted by Gasteiger charge is -2.24. The van der Waals surface area contributed by atoms with Crippen molar-refractivity contribution < 1.29 is 27.5 Å². The number of amidine groups is 1. The summed E-state index contributed by atoms with van der Waals surface area (Å²) in [6.07, 6.45) is 1.51. The van der Waals surface area contributed by atoms with Crippen molar-refractivity contribution in [1.82, 2.24) is 4.90 Å². The number of sulfonamides is 1. The van der Waals surface area contributed by atoms with Gasteiger partial charge in [0.15, 0.2) is 11.7 Å². The second-order valence-electron chi connectivity index (χ2n) is 8.11. The number of ether oxygens (including phenoxy) is 1. The molecule has 1 fully saturated rings. The number of esters is 1. The summed E-state index contributed by atoms with van der Waals surface area (Å²) in [7, 11) is -2.73. The minimum atomic E-state index is -4.03. The summed E-state index contributed by atoms with van der Waals surface area (Å²) in [4.78, 5) is 39.4. The van der Waals surface area contributed by atoms with Crippen molar-refractivity contribution in [3.63, 3.8) is 0 Å². The van der Waals surface area contributed by atoms with Gasteiger partial charge >= 0.3 is 5.97 Å². The van der Waals surface area contributed by atoms with Crippen molar-refractivity contribution in [3.05, 3.63) is 24.3 Å². The fraction of sp³-hybridized carbons (Fsp3) is 0.524. The van der Waals surface area contributed by atoms with E-state index in [9.17, 15) is 22.8 Å². The fourth-order valence-corrected chi connectivity index (χ4v) is 4.96. The van der Waals surface area contributed by atoms with Crippen molar-refractivity contribution in [2.45, 2.75) is 50.5 Å². The Balaban J connectivity index is 1.88. The monoisotopic (exact) mass is 449 g/mol. The van der Waals surface area contributed by atoms with Gasteiger partial charge in [-0.3, -0.25) is 14.4 Å². The second-order valence-corrected chi connectivity index (χ2v) is 9.68. The number of nitrogens with zero attached hydrogens (tertiary/aromatic N) is 2. The third kappa shape index (κ3) is 4.79. The largest absolute Gasteiger partial charge is 0.469 e. The molecule has 9 nitrogen and oxygen atoms in total. The van der Waals surface area contributed by atoms with Crippen LogP contribution in [0.15, 0.2) is 33.6 Å². The van der Waals surface area contributed by atoms with Crippen LogP contribution in [0.4, 0.5) is 5.69 Å². The highest BCUT2D eigenvalue weighted by molar-refractivity contribution is 7.90. The highest BCUT2D eigenvalue weighted by Crippen LogP contribution is 2.33. The summed E-state index contributed by atoms with van der Waals surface area (Å²) in [5, 5.41) is 2.87. The number of ketones is 1. The van der Waals surface area contributed by atoms with Gasteiger partial charge in [0, 0.05) is 13.0 Å². The Bertz CT molecular complexity index is 1020. The Labute approximate surface area is 181 Å². The number of rotatable bonds is 8. The lowest BCUT2D eigenvalue weighted by atomic mass is 9.98. The standard InChI is InChI=1S/C21H27N3O6S/c1-13(2)11-12-24-15(8-6-10-17(25)30-3)19(26)18(21(24)27)20-22-14-7-4-5-9-16(14)31(28,29)23-20/h4-5,7,9,13,15,18H,6,8,10-12H2,1-3H3,(H,22,23)/t15-,18?/m0/s1. The zero-order valence-electron chi connectivity index (χ0n) is 17.8. The number of carbonyl (C=O) groups is 3. The average molecular weight is 450 g/mol. The minimum Gasteiger partial charge on any atom is -0.469 e. The van der Waals surface area contributed by atoms with E-state index in [1.54, 1.807) is 18.2 Å². The van der Waals surface area contributed by atoms with Crippen LogP contribution in [0.3, 0.4) is 0 Å². The molecule has 0 aromatic heterocycles. The molecule has 0 saturated carbocycles. The molecule has 1 aromatic carbocycles. The maximum atomic E-state index is 13.2. The van der Waals surface area contributed by atoms with Gasteiger partial charge in [-0.05, 0) is 37.3 Å². The third-order valence-corrected chi connectivity index (χ3v) is 6.82. The maximum Gasteiger partial charge on any atom is 0.305 e. The van der Waals surface area contributed by atoms with E-state index in [-0.39, 0.29) is 28.8 Å². The van der Waals surface area contributed by atoms with Gasteiger partial charge in [0.1, 0.15) is 10.7 Å². The molecule has 1 saturated heterocycles. The molecule has 1 N–H and O–H groups in total. The molecule has 2 aliphatic rings. The molecule has 3 rings (SSSR count). The van der Waals surface area contributed by atoms with Crippen LogP contribution < -0.4 is 5.32 Å². The van der Waals surface area contributed by atoms with Crippen LogP contribution in [0.25, 0.3) is 0 Å². The maximum absolute atomic E-state index is 13.2. The SMILES string of the molecule is COC(=O)CCC[C@H]1C(=O)C(C2=NS(=O)(=O)c3ccccc3N2)C(=O)N1CCC(C)C. The predicted octanol–water partition coefficient (Wildman–Crippen LogP) is 1.98. The van der Waals surface area contributed by atoms with Crippen LogP contribution in [-0.4, -0.2) is 56.5 Å². The zero-order valence-corrected chi connectivity index (χ0v) is 18.6. The van der Waals surface area contributed by atoms with E-state index < -0.39 is 33.7 Å². The molecule has 0 aliphatic carbocycles. The highest BCUT2D eigenvalue weighted by Gasteiger charge is 2.50. The lowest BCUT2D eigenvalue weighted by Crippen LogP contribution is -2.38. The summed E-state index contributed by atoms with van der Waals surface area (Å²) in [5.74, 6) is -2.41. The molecule has 1 amide bonds. The van der Waals surface area contributed by atoms with Gasteiger partial charge < -0.3 is 15.0 Å². The summed E-state index contributed by atoms with van der Waals surface area (Å²) in [5.41, 5.74) is 0.288. The number of amides is 1. The molecule has 2 heterocycles. The van der Waals surface area contributed by atoms with Crippen LogP contribution in [0.1, 0.15) is 39.5 Å². The number of likely N-dealkylation sites (tertiary alicyclic amines) is 1. The molecular weight excluding hydrogens is 422 g/mol. The van der Waals surface area contributed by atoms with Gasteiger partial charge in [-0.1, -0.05) is 26.0 Å². The predicted molar refractivity (Wildman–Crippen MR) is 114 cm³/mol. The summed E-state index contributed by atoms with van der Waals surface area (Å²) in [6, 6.07) is 5.49. The van der Waals surface area contributed by atoms with E-state index in [0.29, 0.717) is 31.7 Å². The molecule has 0 bridgehead atoms. The van der Waals surface area contributed by atoms with Crippen LogP contribution in [0.5, 0.6) is 0 Å². The van der Waals surface area contributed by atoms with Crippen LogP contribution in [0, 0.1) is 11.8 Å². The number of methoxy groups -OCH3 is 1. The first-order valence-corrected chi connectivity index (χ1v) is 11.7. The Morgan fingerprint density at radius 2 is 1.97 bits per heavy atom. The van der Waals surface area contributed by atoms with E-state index in [0.717, 1.165) is 0 Å². The molecule has 0 spiro atoms. The molecule has 168 valence electrons. The van der Waals surface area contributed by atoms with E-state index in [1.807, 2.05) is 13.8 Å². The van der Waals surface area contributed by atoms with E-state index in [4.69, 9.17) is 0 Å². The number of benzene rings is 1. The van der Waals surface area contributed by atoms with E-state index in [1.165, 1.54) is 18.1 Å². The lowest BCUT2D eigenvalue weighted by molar-refractivity contribution is -0.141. The molecule has 2 atom stereocenters. The van der Waals surface area contributed by atoms with Crippen LogP contribution >= 0.6 is 0 Å². The first kappa shape index (κ1) is 22.9. The number of hydrogen-bond donors (Lipinski definition) is 1. The van der Waals surface area contributed by atoms with Gasteiger partial charge in [0.05, 0.1) is 18.8 Å². The van der Waals surface area contributed by atoms with Crippen molar-refractivity contribution in [3.8, 4) is 0 Å². The third-order valence-electron chi connectivity index (χ3n) is 5.47. The molecular formula is C21H27N3O6S. The first-order chi connectivity index (χ1) is 14.7. The average Bonchev–Trinajstić information content (AvgIpc) is 2.95. The van der Waals surface area contributed by atoms with Gasteiger partial charge in [-0.25, -0.2) is 0 Å². The van der Waals surface area contributed by atoms with Gasteiger partial charge in [0.2, 0.25) is 5.91 Å². The summed E-state index contributed by atoms with van der Waals surface area (Å²) >= 11 is 0. The van der Waals surface area contributed by atoms with Crippen molar-refractivity contribution in [2.75, 3.05) is 19.0 Å². The van der Waals surface area contributed by atoms with Gasteiger partial charge in [-0.15, -0.1) is 4.40 Å². The Hall–Kier alpha value is -2.75.